The summed E-state index contributed by atoms with van der Waals surface area (Å²) in [5.74, 6) is -0.476. The summed E-state index contributed by atoms with van der Waals surface area (Å²) >= 11 is 1.31. The maximum Gasteiger partial charge on any atom is 0.435 e. The van der Waals surface area contributed by atoms with Crippen LogP contribution in [0.3, 0.4) is 0 Å². The smallest absolute Gasteiger partial charge is 0.300 e. The quantitative estimate of drug-likeness (QED) is 0.749. The molecule has 0 spiro atoms. The van der Waals surface area contributed by atoms with Crippen molar-refractivity contribution >= 4 is 32.6 Å². The molecular formula is C16H15F3N4OS. The Morgan fingerprint density at radius 3 is 2.64 bits per heavy atom. The second-order valence-corrected chi connectivity index (χ2v) is 6.80. The van der Waals surface area contributed by atoms with Crippen LogP contribution in [-0.2, 0) is 11.0 Å². The molecule has 1 aromatic carbocycles. The Morgan fingerprint density at radius 2 is 2.00 bits per heavy atom. The van der Waals surface area contributed by atoms with E-state index in [1.165, 1.54) is 25.2 Å². The number of thiazole rings is 1. The van der Waals surface area contributed by atoms with Crippen LogP contribution in [0.2, 0.25) is 0 Å². The van der Waals surface area contributed by atoms with Crippen LogP contribution in [0.4, 0.5) is 18.3 Å². The van der Waals surface area contributed by atoms with Gasteiger partial charge in [-0.25, -0.2) is 4.98 Å². The molecule has 132 valence electrons. The van der Waals surface area contributed by atoms with E-state index in [1.807, 2.05) is 25.1 Å². The number of benzene rings is 1. The lowest BCUT2D eigenvalue weighted by Gasteiger charge is -2.13. The van der Waals surface area contributed by atoms with Crippen LogP contribution >= 0.6 is 11.3 Å². The van der Waals surface area contributed by atoms with E-state index in [2.05, 4.69) is 15.4 Å². The third kappa shape index (κ3) is 3.51. The zero-order valence-corrected chi connectivity index (χ0v) is 14.5. The number of nitrogens with one attached hydrogen (secondary N) is 1. The van der Waals surface area contributed by atoms with Crippen molar-refractivity contribution in [2.24, 2.45) is 0 Å². The van der Waals surface area contributed by atoms with Crippen LogP contribution in [-0.4, -0.2) is 20.7 Å². The molecule has 5 nitrogen and oxygen atoms in total. The summed E-state index contributed by atoms with van der Waals surface area (Å²) in [6.07, 6.45) is -4.54. The average Bonchev–Trinajstić information content (AvgIpc) is 3.08. The normalized spacial score (nSPS) is 13.2. The van der Waals surface area contributed by atoms with Crippen LogP contribution in [0.5, 0.6) is 0 Å². The topological polar surface area (TPSA) is 59.8 Å². The number of aromatic nitrogens is 3. The number of carbonyl (C=O) groups is 1. The summed E-state index contributed by atoms with van der Waals surface area (Å²) in [4.78, 5) is 16.7. The number of amides is 1. The highest BCUT2D eigenvalue weighted by Gasteiger charge is 2.35. The van der Waals surface area contributed by atoms with E-state index in [0.29, 0.717) is 5.13 Å². The highest BCUT2D eigenvalue weighted by atomic mass is 32.1. The van der Waals surface area contributed by atoms with Gasteiger partial charge in [0.05, 0.1) is 10.2 Å². The summed E-state index contributed by atoms with van der Waals surface area (Å²) in [6, 6.07) is 5.75. The molecule has 1 atom stereocenters. The third-order valence-corrected chi connectivity index (χ3v) is 4.67. The molecule has 3 aromatic rings. The van der Waals surface area contributed by atoms with E-state index in [-0.39, 0.29) is 5.69 Å². The molecule has 0 aliphatic rings. The van der Waals surface area contributed by atoms with Crippen LogP contribution in [0.1, 0.15) is 29.9 Å². The van der Waals surface area contributed by atoms with Crippen molar-refractivity contribution < 1.29 is 18.0 Å². The number of aryl methyl sites for hydroxylation is 2. The van der Waals surface area contributed by atoms with Gasteiger partial charge < -0.3 is 5.32 Å². The van der Waals surface area contributed by atoms with E-state index in [4.69, 9.17) is 0 Å². The fraction of sp³-hybridized carbons (Fsp3) is 0.312. The summed E-state index contributed by atoms with van der Waals surface area (Å²) in [7, 11) is 0. The number of hydrogen-bond donors (Lipinski definition) is 1. The zero-order chi connectivity index (χ0) is 18.4. The molecule has 0 aliphatic heterocycles. The standard InChI is InChI=1S/C16H15F3N4OS/c1-8-4-5-11-12(6-8)25-15(20-11)21-14(24)10(3)23-9(2)7-13(22-23)16(17,18)19/h4-7,10H,1-3H3,(H,20,21,24). The number of halogens is 3. The average molecular weight is 368 g/mol. The number of alkyl halides is 3. The Morgan fingerprint density at radius 1 is 1.28 bits per heavy atom. The zero-order valence-electron chi connectivity index (χ0n) is 13.7. The highest BCUT2D eigenvalue weighted by molar-refractivity contribution is 7.22. The number of anilines is 1. The van der Waals surface area contributed by atoms with Crippen molar-refractivity contribution in [2.75, 3.05) is 5.32 Å². The van der Waals surface area contributed by atoms with Gasteiger partial charge in [0.25, 0.3) is 5.91 Å². The van der Waals surface area contributed by atoms with E-state index >= 15 is 0 Å². The lowest BCUT2D eigenvalue weighted by Crippen LogP contribution is -2.25. The van der Waals surface area contributed by atoms with Gasteiger partial charge in [-0.3, -0.25) is 9.48 Å². The van der Waals surface area contributed by atoms with Gasteiger partial charge in [0, 0.05) is 5.69 Å². The van der Waals surface area contributed by atoms with E-state index < -0.39 is 23.8 Å². The lowest BCUT2D eigenvalue weighted by molar-refractivity contribution is -0.141. The minimum atomic E-state index is -4.54. The summed E-state index contributed by atoms with van der Waals surface area (Å²) < 4.78 is 40.3. The number of carbonyl (C=O) groups excluding carboxylic acids is 1. The molecule has 3 rings (SSSR count). The van der Waals surface area contributed by atoms with Crippen molar-refractivity contribution in [3.8, 4) is 0 Å². The van der Waals surface area contributed by atoms with Gasteiger partial charge in [-0.1, -0.05) is 17.4 Å². The second-order valence-electron chi connectivity index (χ2n) is 5.77. The van der Waals surface area contributed by atoms with Gasteiger partial charge in [-0.05, 0) is 44.5 Å². The Hall–Kier alpha value is -2.42. The van der Waals surface area contributed by atoms with Crippen LogP contribution in [0.25, 0.3) is 10.2 Å². The highest BCUT2D eigenvalue weighted by Crippen LogP contribution is 2.30. The minimum Gasteiger partial charge on any atom is -0.300 e. The second kappa shape index (κ2) is 6.14. The molecule has 0 bridgehead atoms. The Kier molecular flexibility index (Phi) is 4.28. The van der Waals surface area contributed by atoms with Crippen LogP contribution in [0, 0.1) is 13.8 Å². The molecule has 1 unspecified atom stereocenters. The molecule has 2 heterocycles. The first-order chi connectivity index (χ1) is 11.6. The molecule has 0 saturated heterocycles. The fourth-order valence-electron chi connectivity index (χ4n) is 2.42. The predicted molar refractivity (Wildman–Crippen MR) is 89.7 cm³/mol. The number of rotatable bonds is 3. The molecule has 25 heavy (non-hydrogen) atoms. The van der Waals surface area contributed by atoms with Crippen molar-refractivity contribution in [1.82, 2.24) is 14.8 Å². The maximum absolute atomic E-state index is 12.8. The van der Waals surface area contributed by atoms with Gasteiger partial charge in [0.2, 0.25) is 0 Å². The molecule has 0 fully saturated rings. The van der Waals surface area contributed by atoms with Crippen LogP contribution < -0.4 is 5.32 Å². The molecule has 0 radical (unpaired) electrons. The van der Waals surface area contributed by atoms with Gasteiger partial charge in [0.15, 0.2) is 10.8 Å². The number of nitrogens with zero attached hydrogens (tertiary/aromatic N) is 3. The van der Waals surface area contributed by atoms with Crippen molar-refractivity contribution in [2.45, 2.75) is 33.0 Å². The largest absolute Gasteiger partial charge is 0.435 e. The first-order valence-corrected chi connectivity index (χ1v) is 8.28. The predicted octanol–water partition coefficient (Wildman–Crippen LogP) is 4.33. The summed E-state index contributed by atoms with van der Waals surface area (Å²) in [6.45, 7) is 4.93. The molecule has 0 saturated carbocycles. The SMILES string of the molecule is Cc1ccc2nc(NC(=O)C(C)n3nc(C(F)(F)F)cc3C)sc2c1. The molecule has 0 aliphatic carbocycles. The van der Waals surface area contributed by atoms with Gasteiger partial charge in [0.1, 0.15) is 6.04 Å². The van der Waals surface area contributed by atoms with E-state index in [9.17, 15) is 18.0 Å². The maximum atomic E-state index is 12.8. The van der Waals surface area contributed by atoms with Gasteiger partial charge >= 0.3 is 6.18 Å². The Labute approximate surface area is 145 Å². The lowest BCUT2D eigenvalue weighted by atomic mass is 10.2. The molecule has 1 amide bonds. The van der Waals surface area contributed by atoms with Crippen LogP contribution in [0.15, 0.2) is 24.3 Å². The Balaban J connectivity index is 1.81. The summed E-state index contributed by atoms with van der Waals surface area (Å²) in [5.41, 5.74) is 1.08. The first kappa shape index (κ1) is 17.4. The minimum absolute atomic E-state index is 0.259. The first-order valence-electron chi connectivity index (χ1n) is 7.46. The molecule has 1 N–H and O–H groups in total. The van der Waals surface area contributed by atoms with Gasteiger partial charge in [-0.2, -0.15) is 18.3 Å². The molecular weight excluding hydrogens is 353 g/mol. The number of fused-ring (bicyclic) bond motifs is 1. The fourth-order valence-corrected chi connectivity index (χ4v) is 3.39. The number of hydrogen-bond acceptors (Lipinski definition) is 4. The molecule has 9 heteroatoms. The van der Waals surface area contributed by atoms with E-state index in [0.717, 1.165) is 26.5 Å². The monoisotopic (exact) mass is 368 g/mol. The summed E-state index contributed by atoms with van der Waals surface area (Å²) in [5, 5.41) is 6.56. The van der Waals surface area contributed by atoms with Crippen molar-refractivity contribution in [1.29, 1.82) is 0 Å². The van der Waals surface area contributed by atoms with E-state index in [1.54, 1.807) is 0 Å². The van der Waals surface area contributed by atoms with Crippen molar-refractivity contribution in [3.05, 3.63) is 41.2 Å². The molecule has 2 aromatic heterocycles. The Bertz CT molecular complexity index is 945. The third-order valence-electron chi connectivity index (χ3n) is 3.73. The van der Waals surface area contributed by atoms with Crippen molar-refractivity contribution in [3.63, 3.8) is 0 Å². The van der Waals surface area contributed by atoms with Gasteiger partial charge in [-0.15, -0.1) is 0 Å².